The lowest BCUT2D eigenvalue weighted by Crippen LogP contribution is -2.52. The number of hydrogen-bond donors (Lipinski definition) is 0. The summed E-state index contributed by atoms with van der Waals surface area (Å²) in [6, 6.07) is 0.0612. The van der Waals surface area contributed by atoms with Gasteiger partial charge in [-0.15, -0.1) is 0 Å². The van der Waals surface area contributed by atoms with Gasteiger partial charge >= 0.3 is 5.97 Å². The molecule has 22 heavy (non-hydrogen) atoms. The van der Waals surface area contributed by atoms with Crippen LogP contribution in [0.2, 0.25) is 0 Å². The van der Waals surface area contributed by atoms with Crippen LogP contribution in [-0.2, 0) is 9.53 Å². The van der Waals surface area contributed by atoms with Crippen LogP contribution in [0.3, 0.4) is 0 Å². The lowest BCUT2D eigenvalue weighted by molar-refractivity contribution is -0.143. The Morgan fingerprint density at radius 2 is 1.91 bits per heavy atom. The average molecular weight is 308 g/mol. The minimum absolute atomic E-state index is 0.0478. The molecule has 0 bridgehead atoms. The molecule has 0 saturated carbocycles. The van der Waals surface area contributed by atoms with Crippen molar-refractivity contribution < 1.29 is 14.1 Å². The second kappa shape index (κ2) is 6.34. The monoisotopic (exact) mass is 308 g/mol. The fourth-order valence-corrected chi connectivity index (χ4v) is 3.06. The Morgan fingerprint density at radius 1 is 1.18 bits per heavy atom. The number of carbonyl (C=O) groups excluding carboxylic acids is 1. The summed E-state index contributed by atoms with van der Waals surface area (Å²) in [5.74, 6) is 1.64. The van der Waals surface area contributed by atoms with E-state index in [4.69, 9.17) is 9.26 Å². The van der Waals surface area contributed by atoms with Crippen molar-refractivity contribution in [1.82, 2.24) is 19.9 Å². The summed E-state index contributed by atoms with van der Waals surface area (Å²) in [6.45, 7) is 10.3. The minimum atomic E-state index is -0.0695. The maximum atomic E-state index is 11.7. The van der Waals surface area contributed by atoms with E-state index in [0.29, 0.717) is 12.5 Å². The number of ether oxygens (including phenoxy) is 1. The van der Waals surface area contributed by atoms with E-state index in [9.17, 15) is 4.79 Å². The highest BCUT2D eigenvalue weighted by Gasteiger charge is 2.35. The molecule has 3 rings (SSSR count). The molecule has 2 atom stereocenters. The Bertz CT molecular complexity index is 523. The molecule has 2 fully saturated rings. The highest BCUT2D eigenvalue weighted by molar-refractivity contribution is 5.77. The third-order valence-corrected chi connectivity index (χ3v) is 4.58. The van der Waals surface area contributed by atoms with Gasteiger partial charge in [0, 0.05) is 38.5 Å². The van der Waals surface area contributed by atoms with Gasteiger partial charge in [-0.05, 0) is 6.92 Å². The first kappa shape index (κ1) is 15.4. The molecule has 1 aromatic heterocycles. The van der Waals surface area contributed by atoms with E-state index in [0.717, 1.165) is 38.4 Å². The summed E-state index contributed by atoms with van der Waals surface area (Å²) in [6.07, 6.45) is 0.815. The van der Waals surface area contributed by atoms with Crippen LogP contribution in [0, 0.1) is 0 Å². The molecule has 2 aliphatic rings. The van der Waals surface area contributed by atoms with Gasteiger partial charge in [-0.1, -0.05) is 19.0 Å². The van der Waals surface area contributed by atoms with Crippen molar-refractivity contribution in [2.24, 2.45) is 0 Å². The smallest absolute Gasteiger partial charge is 0.323 e. The zero-order valence-electron chi connectivity index (χ0n) is 13.5. The Morgan fingerprint density at radius 3 is 2.45 bits per heavy atom. The maximum Gasteiger partial charge on any atom is 0.323 e. The van der Waals surface area contributed by atoms with E-state index in [2.05, 4.69) is 40.7 Å². The van der Waals surface area contributed by atoms with Gasteiger partial charge in [-0.25, -0.2) is 0 Å². The van der Waals surface area contributed by atoms with Crippen molar-refractivity contribution in [2.75, 3.05) is 32.8 Å². The third-order valence-electron chi connectivity index (χ3n) is 4.58. The topological polar surface area (TPSA) is 71.7 Å². The van der Waals surface area contributed by atoms with Crippen LogP contribution in [0.5, 0.6) is 0 Å². The highest BCUT2D eigenvalue weighted by atomic mass is 16.5. The molecule has 1 aromatic rings. The van der Waals surface area contributed by atoms with Crippen molar-refractivity contribution in [3.8, 4) is 0 Å². The predicted molar refractivity (Wildman–Crippen MR) is 79.3 cm³/mol. The Balaban J connectivity index is 1.57. The second-order valence-electron chi connectivity index (χ2n) is 6.37. The van der Waals surface area contributed by atoms with Gasteiger partial charge in [0.25, 0.3) is 0 Å². The molecular weight excluding hydrogens is 284 g/mol. The Hall–Kier alpha value is -1.47. The molecule has 0 radical (unpaired) electrons. The number of aromatic nitrogens is 2. The van der Waals surface area contributed by atoms with Gasteiger partial charge in [0.05, 0.1) is 12.6 Å². The molecule has 7 nitrogen and oxygen atoms in total. The molecule has 0 aromatic carbocycles. The van der Waals surface area contributed by atoms with Crippen LogP contribution in [0.1, 0.15) is 50.9 Å². The summed E-state index contributed by atoms with van der Waals surface area (Å²) in [5.41, 5.74) is 0. The van der Waals surface area contributed by atoms with Crippen LogP contribution in [0.15, 0.2) is 4.52 Å². The standard InChI is InChI=1S/C15H24N4O3/c1-10(2)13-16-14(22-17-13)11(3)18-5-7-19(8-6-18)12-4-9-21-15(12)20/h10-12H,4-9H2,1-3H3/t11-,12-/m1/s1. The van der Waals surface area contributed by atoms with Crippen molar-refractivity contribution in [3.05, 3.63) is 11.7 Å². The molecule has 0 unspecified atom stereocenters. The van der Waals surface area contributed by atoms with E-state index in [1.165, 1.54) is 0 Å². The summed E-state index contributed by atoms with van der Waals surface area (Å²) in [4.78, 5) is 20.7. The SMILES string of the molecule is CC(C)c1noc([C@@H](C)N2CCN([C@@H]3CCOC3=O)CC2)n1. The fourth-order valence-electron chi connectivity index (χ4n) is 3.06. The molecule has 3 heterocycles. The van der Waals surface area contributed by atoms with E-state index in [-0.39, 0.29) is 24.0 Å². The zero-order valence-corrected chi connectivity index (χ0v) is 13.5. The lowest BCUT2D eigenvalue weighted by Gasteiger charge is -2.38. The second-order valence-corrected chi connectivity index (χ2v) is 6.37. The minimum Gasteiger partial charge on any atom is -0.464 e. The third kappa shape index (κ3) is 3.01. The van der Waals surface area contributed by atoms with Crippen LogP contribution < -0.4 is 0 Å². The molecule has 0 N–H and O–H groups in total. The molecule has 7 heteroatoms. The van der Waals surface area contributed by atoms with E-state index < -0.39 is 0 Å². The first-order valence-corrected chi connectivity index (χ1v) is 8.04. The normalized spacial score (nSPS) is 25.6. The first-order valence-electron chi connectivity index (χ1n) is 8.04. The maximum absolute atomic E-state index is 11.7. The van der Waals surface area contributed by atoms with Crippen LogP contribution in [0.4, 0.5) is 0 Å². The molecule has 0 spiro atoms. The number of hydrogen-bond acceptors (Lipinski definition) is 7. The number of esters is 1. The van der Waals surface area contributed by atoms with E-state index in [1.807, 2.05) is 0 Å². The van der Waals surface area contributed by atoms with Gasteiger partial charge < -0.3 is 9.26 Å². The van der Waals surface area contributed by atoms with E-state index in [1.54, 1.807) is 0 Å². The van der Waals surface area contributed by atoms with Gasteiger partial charge in [-0.3, -0.25) is 14.6 Å². The quantitative estimate of drug-likeness (QED) is 0.774. The van der Waals surface area contributed by atoms with Crippen LogP contribution in [0.25, 0.3) is 0 Å². The lowest BCUT2D eigenvalue weighted by atomic mass is 10.1. The van der Waals surface area contributed by atoms with Crippen LogP contribution in [-0.4, -0.2) is 64.7 Å². The van der Waals surface area contributed by atoms with Crippen molar-refractivity contribution in [2.45, 2.75) is 45.2 Å². The number of cyclic esters (lactones) is 1. The number of rotatable bonds is 4. The molecule has 2 saturated heterocycles. The number of nitrogens with zero attached hydrogens (tertiary/aromatic N) is 4. The summed E-state index contributed by atoms with van der Waals surface area (Å²) >= 11 is 0. The zero-order chi connectivity index (χ0) is 15.7. The van der Waals surface area contributed by atoms with Crippen molar-refractivity contribution in [1.29, 1.82) is 0 Å². The number of carbonyl (C=O) groups is 1. The Labute approximate surface area is 130 Å². The largest absolute Gasteiger partial charge is 0.464 e. The molecule has 0 aliphatic carbocycles. The molecule has 2 aliphatic heterocycles. The number of piperazine rings is 1. The van der Waals surface area contributed by atoms with Gasteiger partial charge in [-0.2, -0.15) is 4.98 Å². The molecule has 122 valence electrons. The summed E-state index contributed by atoms with van der Waals surface area (Å²) in [5, 5.41) is 4.04. The summed E-state index contributed by atoms with van der Waals surface area (Å²) < 4.78 is 10.5. The predicted octanol–water partition coefficient (Wildman–Crippen LogP) is 1.19. The molecule has 0 amide bonds. The molecular formula is C15H24N4O3. The average Bonchev–Trinajstić information content (AvgIpc) is 3.15. The fraction of sp³-hybridized carbons (Fsp3) is 0.800. The van der Waals surface area contributed by atoms with Gasteiger partial charge in [0.1, 0.15) is 6.04 Å². The Kier molecular flexibility index (Phi) is 4.44. The van der Waals surface area contributed by atoms with Gasteiger partial charge in [0.2, 0.25) is 5.89 Å². The van der Waals surface area contributed by atoms with Crippen LogP contribution >= 0.6 is 0 Å². The van der Waals surface area contributed by atoms with Gasteiger partial charge in [0.15, 0.2) is 5.82 Å². The summed E-state index contributed by atoms with van der Waals surface area (Å²) in [7, 11) is 0. The van der Waals surface area contributed by atoms with Crippen molar-refractivity contribution >= 4 is 5.97 Å². The highest BCUT2D eigenvalue weighted by Crippen LogP contribution is 2.23. The first-order chi connectivity index (χ1) is 10.6. The van der Waals surface area contributed by atoms with Crippen molar-refractivity contribution in [3.63, 3.8) is 0 Å². The van der Waals surface area contributed by atoms with E-state index >= 15 is 0 Å².